The summed E-state index contributed by atoms with van der Waals surface area (Å²) in [6.45, 7) is 2.02. The zero-order valence-corrected chi connectivity index (χ0v) is 9.77. The standard InChI is InChI=1S/C14H18N2/c1-10(15)14(16-2)13-8-7-11-5-3-4-6-12(11)9-13/h3-10,14,16H,15H2,1-2H3. The van der Waals surface area contributed by atoms with E-state index >= 15 is 0 Å². The third-order valence-electron chi connectivity index (χ3n) is 2.97. The van der Waals surface area contributed by atoms with Crippen LogP contribution >= 0.6 is 0 Å². The number of nitrogens with two attached hydrogens (primary N) is 1. The Morgan fingerprint density at radius 3 is 2.38 bits per heavy atom. The van der Waals surface area contributed by atoms with E-state index in [0.29, 0.717) is 0 Å². The third-order valence-corrected chi connectivity index (χ3v) is 2.97. The quantitative estimate of drug-likeness (QED) is 0.823. The lowest BCUT2D eigenvalue weighted by Gasteiger charge is -2.20. The molecule has 0 radical (unpaired) electrons. The van der Waals surface area contributed by atoms with Crippen molar-refractivity contribution in [2.45, 2.75) is 19.0 Å². The summed E-state index contributed by atoms with van der Waals surface area (Å²) in [6, 6.07) is 15.2. The van der Waals surface area contributed by atoms with Crippen molar-refractivity contribution < 1.29 is 0 Å². The van der Waals surface area contributed by atoms with Crippen molar-refractivity contribution in [2.75, 3.05) is 7.05 Å². The summed E-state index contributed by atoms with van der Waals surface area (Å²) < 4.78 is 0. The van der Waals surface area contributed by atoms with Gasteiger partial charge < -0.3 is 11.1 Å². The van der Waals surface area contributed by atoms with Crippen LogP contribution in [0.1, 0.15) is 18.5 Å². The number of nitrogens with one attached hydrogen (secondary N) is 1. The summed E-state index contributed by atoms with van der Waals surface area (Å²) in [7, 11) is 1.95. The molecule has 0 heterocycles. The SMILES string of the molecule is CNC(c1ccc2ccccc2c1)C(C)N. The first-order chi connectivity index (χ1) is 7.72. The van der Waals surface area contributed by atoms with E-state index in [-0.39, 0.29) is 12.1 Å². The lowest BCUT2D eigenvalue weighted by atomic mass is 9.98. The highest BCUT2D eigenvalue weighted by Gasteiger charge is 2.13. The molecule has 84 valence electrons. The fourth-order valence-corrected chi connectivity index (χ4v) is 2.13. The van der Waals surface area contributed by atoms with E-state index in [4.69, 9.17) is 5.73 Å². The monoisotopic (exact) mass is 214 g/mol. The molecule has 0 bridgehead atoms. The van der Waals surface area contributed by atoms with E-state index in [9.17, 15) is 0 Å². The van der Waals surface area contributed by atoms with Gasteiger partial charge in [-0.05, 0) is 36.4 Å². The van der Waals surface area contributed by atoms with Crippen LogP contribution in [0.3, 0.4) is 0 Å². The van der Waals surface area contributed by atoms with Gasteiger partial charge in [0, 0.05) is 12.1 Å². The molecule has 0 fully saturated rings. The molecule has 2 rings (SSSR count). The molecule has 0 amide bonds. The minimum Gasteiger partial charge on any atom is -0.326 e. The van der Waals surface area contributed by atoms with E-state index in [0.717, 1.165) is 0 Å². The molecule has 0 aliphatic rings. The molecule has 2 atom stereocenters. The summed E-state index contributed by atoms with van der Waals surface area (Å²) in [5, 5.41) is 5.79. The molecule has 0 saturated carbocycles. The molecule has 0 aliphatic carbocycles. The molecule has 2 aromatic carbocycles. The lowest BCUT2D eigenvalue weighted by Crippen LogP contribution is -2.33. The smallest absolute Gasteiger partial charge is 0.0468 e. The molecule has 16 heavy (non-hydrogen) atoms. The Balaban J connectivity index is 2.45. The average molecular weight is 214 g/mol. The topological polar surface area (TPSA) is 38.0 Å². The molecule has 2 heteroatoms. The van der Waals surface area contributed by atoms with Crippen LogP contribution in [-0.4, -0.2) is 13.1 Å². The predicted molar refractivity (Wildman–Crippen MR) is 69.4 cm³/mol. The van der Waals surface area contributed by atoms with Crippen LogP contribution in [0.25, 0.3) is 10.8 Å². The summed E-state index contributed by atoms with van der Waals surface area (Å²) in [5.41, 5.74) is 7.21. The van der Waals surface area contributed by atoms with Gasteiger partial charge in [0.1, 0.15) is 0 Å². The summed E-state index contributed by atoms with van der Waals surface area (Å²) in [4.78, 5) is 0. The van der Waals surface area contributed by atoms with Gasteiger partial charge in [-0.25, -0.2) is 0 Å². The summed E-state index contributed by atoms with van der Waals surface area (Å²) in [6.07, 6.45) is 0. The van der Waals surface area contributed by atoms with Crippen molar-refractivity contribution in [1.29, 1.82) is 0 Å². The normalized spacial score (nSPS) is 14.9. The first-order valence-electron chi connectivity index (χ1n) is 5.64. The number of rotatable bonds is 3. The summed E-state index contributed by atoms with van der Waals surface area (Å²) >= 11 is 0. The third kappa shape index (κ3) is 2.08. The van der Waals surface area contributed by atoms with E-state index in [1.165, 1.54) is 16.3 Å². The largest absolute Gasteiger partial charge is 0.326 e. The van der Waals surface area contributed by atoms with Crippen LogP contribution in [0.5, 0.6) is 0 Å². The van der Waals surface area contributed by atoms with Crippen molar-refractivity contribution in [3.8, 4) is 0 Å². The maximum Gasteiger partial charge on any atom is 0.0468 e. The Morgan fingerprint density at radius 1 is 1.06 bits per heavy atom. The van der Waals surface area contributed by atoms with Crippen molar-refractivity contribution in [2.24, 2.45) is 5.73 Å². The zero-order valence-electron chi connectivity index (χ0n) is 9.77. The Kier molecular flexibility index (Phi) is 3.22. The van der Waals surface area contributed by atoms with E-state index in [1.807, 2.05) is 14.0 Å². The second-order valence-electron chi connectivity index (χ2n) is 4.23. The van der Waals surface area contributed by atoms with Crippen molar-refractivity contribution in [1.82, 2.24) is 5.32 Å². The van der Waals surface area contributed by atoms with Crippen molar-refractivity contribution >= 4 is 10.8 Å². The number of benzene rings is 2. The fraction of sp³-hybridized carbons (Fsp3) is 0.286. The molecule has 2 nitrogen and oxygen atoms in total. The van der Waals surface area contributed by atoms with Crippen LogP contribution < -0.4 is 11.1 Å². The number of hydrogen-bond donors (Lipinski definition) is 2. The maximum absolute atomic E-state index is 5.96. The van der Waals surface area contributed by atoms with Gasteiger partial charge in [-0.2, -0.15) is 0 Å². The molecule has 0 saturated heterocycles. The number of hydrogen-bond acceptors (Lipinski definition) is 2. The van der Waals surface area contributed by atoms with Gasteiger partial charge in [-0.3, -0.25) is 0 Å². The molecule has 3 N–H and O–H groups in total. The van der Waals surface area contributed by atoms with Crippen LogP contribution in [0, 0.1) is 0 Å². The van der Waals surface area contributed by atoms with E-state index in [2.05, 4.69) is 47.8 Å². The summed E-state index contributed by atoms with van der Waals surface area (Å²) in [5.74, 6) is 0. The van der Waals surface area contributed by atoms with Crippen LogP contribution in [-0.2, 0) is 0 Å². The lowest BCUT2D eigenvalue weighted by molar-refractivity contribution is 0.504. The van der Waals surface area contributed by atoms with E-state index < -0.39 is 0 Å². The van der Waals surface area contributed by atoms with Crippen LogP contribution in [0.15, 0.2) is 42.5 Å². The zero-order chi connectivity index (χ0) is 11.5. The molecule has 2 aromatic rings. The molecule has 0 aliphatic heterocycles. The Bertz CT molecular complexity index is 477. The Morgan fingerprint density at radius 2 is 1.75 bits per heavy atom. The van der Waals surface area contributed by atoms with Crippen molar-refractivity contribution in [3.05, 3.63) is 48.0 Å². The average Bonchev–Trinajstić information content (AvgIpc) is 2.29. The fourth-order valence-electron chi connectivity index (χ4n) is 2.13. The second-order valence-corrected chi connectivity index (χ2v) is 4.23. The van der Waals surface area contributed by atoms with Gasteiger partial charge in [0.2, 0.25) is 0 Å². The van der Waals surface area contributed by atoms with Gasteiger partial charge in [0.05, 0.1) is 0 Å². The molecule has 2 unspecified atom stereocenters. The van der Waals surface area contributed by atoms with Crippen molar-refractivity contribution in [3.63, 3.8) is 0 Å². The number of likely N-dealkylation sites (N-methyl/N-ethyl adjacent to an activating group) is 1. The Labute approximate surface area is 96.5 Å². The molecule has 0 aromatic heterocycles. The first kappa shape index (κ1) is 11.1. The molecular weight excluding hydrogens is 196 g/mol. The van der Waals surface area contributed by atoms with Gasteiger partial charge in [0.15, 0.2) is 0 Å². The van der Waals surface area contributed by atoms with Crippen LogP contribution in [0.4, 0.5) is 0 Å². The highest BCUT2D eigenvalue weighted by atomic mass is 14.9. The predicted octanol–water partition coefficient (Wildman–Crippen LogP) is 2.45. The highest BCUT2D eigenvalue weighted by Crippen LogP contribution is 2.21. The minimum absolute atomic E-state index is 0.103. The van der Waals surface area contributed by atoms with Crippen LogP contribution in [0.2, 0.25) is 0 Å². The Hall–Kier alpha value is -1.38. The van der Waals surface area contributed by atoms with Gasteiger partial charge in [-0.1, -0.05) is 36.4 Å². The van der Waals surface area contributed by atoms with Gasteiger partial charge in [-0.15, -0.1) is 0 Å². The van der Waals surface area contributed by atoms with Gasteiger partial charge >= 0.3 is 0 Å². The molecular formula is C14H18N2. The molecule has 0 spiro atoms. The number of fused-ring (bicyclic) bond motifs is 1. The van der Waals surface area contributed by atoms with Gasteiger partial charge in [0.25, 0.3) is 0 Å². The first-order valence-corrected chi connectivity index (χ1v) is 5.64. The highest BCUT2D eigenvalue weighted by molar-refractivity contribution is 5.83. The van der Waals surface area contributed by atoms with E-state index in [1.54, 1.807) is 0 Å². The maximum atomic E-state index is 5.96. The minimum atomic E-state index is 0.103. The second kappa shape index (κ2) is 4.64.